The number of alkyl halides is 3. The normalized spacial score (nSPS) is 21.2. The van der Waals surface area contributed by atoms with Crippen molar-refractivity contribution in [1.29, 1.82) is 0 Å². The van der Waals surface area contributed by atoms with Gasteiger partial charge in [-0.1, -0.05) is 12.1 Å². The quantitative estimate of drug-likeness (QED) is 0.641. The second-order valence-electron chi connectivity index (χ2n) is 8.37. The van der Waals surface area contributed by atoms with Crippen molar-refractivity contribution >= 4 is 32.9 Å². The number of aryl methyl sites for hydroxylation is 1. The van der Waals surface area contributed by atoms with Crippen LogP contribution in [0.3, 0.4) is 0 Å². The van der Waals surface area contributed by atoms with E-state index in [0.29, 0.717) is 35.4 Å². The molecule has 11 heteroatoms. The minimum atomic E-state index is -4.52. The Morgan fingerprint density at radius 1 is 1.15 bits per heavy atom. The lowest BCUT2D eigenvalue weighted by atomic mass is 9.85. The summed E-state index contributed by atoms with van der Waals surface area (Å²) in [6, 6.07) is 8.15. The Hall–Kier alpha value is -3.05. The van der Waals surface area contributed by atoms with Crippen LogP contribution < -0.4 is 14.8 Å². The summed E-state index contributed by atoms with van der Waals surface area (Å²) >= 11 is 0. The van der Waals surface area contributed by atoms with Crippen molar-refractivity contribution in [3.05, 3.63) is 59.2 Å². The van der Waals surface area contributed by atoms with E-state index in [9.17, 15) is 26.4 Å². The van der Waals surface area contributed by atoms with Crippen molar-refractivity contribution in [3.8, 4) is 5.75 Å². The van der Waals surface area contributed by atoms with Gasteiger partial charge in [-0.25, -0.2) is 8.42 Å². The van der Waals surface area contributed by atoms with Gasteiger partial charge >= 0.3 is 6.18 Å². The molecule has 3 aliphatic rings. The molecule has 33 heavy (non-hydrogen) atoms. The maximum atomic E-state index is 13.2. The number of fused-ring (bicyclic) bond motifs is 2. The molecular weight excluding hydrogens is 461 g/mol. The Labute approximate surface area is 187 Å². The molecule has 0 aromatic heterocycles. The van der Waals surface area contributed by atoms with E-state index in [4.69, 9.17) is 9.47 Å². The van der Waals surface area contributed by atoms with Gasteiger partial charge in [-0.15, -0.1) is 0 Å². The highest BCUT2D eigenvalue weighted by atomic mass is 32.2. The maximum absolute atomic E-state index is 13.2. The number of amides is 1. The molecular formula is C22H19F3N2O5S. The van der Waals surface area contributed by atoms with Gasteiger partial charge < -0.3 is 14.8 Å². The maximum Gasteiger partial charge on any atom is 0.416 e. The van der Waals surface area contributed by atoms with Crippen molar-refractivity contribution in [1.82, 2.24) is 0 Å². The fourth-order valence-electron chi connectivity index (χ4n) is 4.15. The Morgan fingerprint density at radius 2 is 1.94 bits per heavy atom. The number of benzene rings is 2. The first-order valence-corrected chi connectivity index (χ1v) is 11.8. The standard InChI is InChI=1S/C22H19F3N2O5S/c23-22(24,25)15-2-4-17-14(10-21(11-31-12-21)32-19(17)8-15)7-20(28)26-16-3-1-13-5-6-33(29,30)27-18(13)9-16/h1-4,7-9,27H,5-6,10-12H2,(H,26,28). The van der Waals surface area contributed by atoms with Crippen molar-refractivity contribution in [3.63, 3.8) is 0 Å². The minimum absolute atomic E-state index is 0.000795. The van der Waals surface area contributed by atoms with Crippen molar-refractivity contribution in [2.75, 3.05) is 29.0 Å². The molecule has 2 N–H and O–H groups in total. The molecule has 0 radical (unpaired) electrons. The molecule has 3 heterocycles. The van der Waals surface area contributed by atoms with Gasteiger partial charge in [0.05, 0.1) is 30.2 Å². The summed E-state index contributed by atoms with van der Waals surface area (Å²) in [5.74, 6) is -0.436. The SMILES string of the molecule is O=C(C=C1CC2(COC2)Oc2cc(C(F)(F)F)ccc21)Nc1ccc2c(c1)NS(=O)(=O)CC2. The zero-order valence-electron chi connectivity index (χ0n) is 17.2. The third-order valence-electron chi connectivity index (χ3n) is 5.81. The van der Waals surface area contributed by atoms with E-state index in [2.05, 4.69) is 10.0 Å². The topological polar surface area (TPSA) is 93.7 Å². The van der Waals surface area contributed by atoms with Crippen LogP contribution in [0.1, 0.15) is 23.1 Å². The predicted molar refractivity (Wildman–Crippen MR) is 114 cm³/mol. The van der Waals surface area contributed by atoms with E-state index in [-0.39, 0.29) is 24.7 Å². The molecule has 5 rings (SSSR count). The summed E-state index contributed by atoms with van der Waals surface area (Å²) in [4.78, 5) is 12.8. The van der Waals surface area contributed by atoms with Crippen LogP contribution in [-0.4, -0.2) is 38.9 Å². The van der Waals surface area contributed by atoms with Gasteiger partial charge in [0, 0.05) is 23.7 Å². The van der Waals surface area contributed by atoms with Gasteiger partial charge in [-0.05, 0) is 41.8 Å². The Morgan fingerprint density at radius 3 is 2.64 bits per heavy atom. The average molecular weight is 480 g/mol. The molecule has 1 saturated heterocycles. The summed E-state index contributed by atoms with van der Waals surface area (Å²) in [5.41, 5.74) is 0.937. The summed E-state index contributed by atoms with van der Waals surface area (Å²) in [7, 11) is -3.40. The highest BCUT2D eigenvalue weighted by Gasteiger charge is 2.46. The van der Waals surface area contributed by atoms with Crippen molar-refractivity contribution < 1.29 is 35.9 Å². The van der Waals surface area contributed by atoms with E-state index in [0.717, 1.165) is 17.7 Å². The monoisotopic (exact) mass is 480 g/mol. The van der Waals surface area contributed by atoms with Crippen LogP contribution in [0.2, 0.25) is 0 Å². The van der Waals surface area contributed by atoms with Crippen molar-refractivity contribution in [2.45, 2.75) is 24.6 Å². The first-order chi connectivity index (χ1) is 15.5. The summed E-state index contributed by atoms with van der Waals surface area (Å²) < 4.78 is 76.6. The molecule has 0 atom stereocenters. The van der Waals surface area contributed by atoms with E-state index >= 15 is 0 Å². The molecule has 7 nitrogen and oxygen atoms in total. The van der Waals surface area contributed by atoms with E-state index in [1.807, 2.05) is 0 Å². The van der Waals surface area contributed by atoms with Gasteiger partial charge in [-0.2, -0.15) is 13.2 Å². The lowest BCUT2D eigenvalue weighted by molar-refractivity contribution is -0.161. The number of carbonyl (C=O) groups excluding carboxylic acids is 1. The van der Waals surface area contributed by atoms with Crippen LogP contribution in [-0.2, 0) is 32.2 Å². The Bertz CT molecular complexity index is 1280. The van der Waals surface area contributed by atoms with Crippen LogP contribution in [0.4, 0.5) is 24.5 Å². The van der Waals surface area contributed by atoms with E-state index in [1.54, 1.807) is 12.1 Å². The largest absolute Gasteiger partial charge is 0.481 e. The van der Waals surface area contributed by atoms with Gasteiger partial charge in [0.2, 0.25) is 15.9 Å². The van der Waals surface area contributed by atoms with Gasteiger partial charge in [0.25, 0.3) is 0 Å². The molecule has 0 aliphatic carbocycles. The number of sulfonamides is 1. The average Bonchev–Trinajstić information content (AvgIpc) is 2.70. The highest BCUT2D eigenvalue weighted by molar-refractivity contribution is 7.92. The van der Waals surface area contributed by atoms with Gasteiger partial charge in [0.1, 0.15) is 5.75 Å². The Kier molecular flexibility index (Phi) is 4.94. The van der Waals surface area contributed by atoms with Crippen molar-refractivity contribution in [2.24, 2.45) is 0 Å². The molecule has 2 aromatic rings. The lowest BCUT2D eigenvalue weighted by Crippen LogP contribution is -2.55. The van der Waals surface area contributed by atoms with Crippen LogP contribution >= 0.6 is 0 Å². The van der Waals surface area contributed by atoms with Crippen LogP contribution in [0.25, 0.3) is 5.57 Å². The first kappa shape index (κ1) is 21.8. The molecule has 1 fully saturated rings. The second-order valence-corrected chi connectivity index (χ2v) is 10.2. The second kappa shape index (κ2) is 7.49. The third-order valence-corrected chi connectivity index (χ3v) is 7.09. The van der Waals surface area contributed by atoms with E-state index < -0.39 is 33.3 Å². The fraction of sp³-hybridized carbons (Fsp3) is 0.318. The number of halogens is 3. The number of hydrogen-bond acceptors (Lipinski definition) is 5. The first-order valence-electron chi connectivity index (χ1n) is 10.2. The van der Waals surface area contributed by atoms with Gasteiger partial charge in [0.15, 0.2) is 5.60 Å². The van der Waals surface area contributed by atoms with Crippen LogP contribution in [0.5, 0.6) is 5.75 Å². The zero-order chi connectivity index (χ0) is 23.4. The smallest absolute Gasteiger partial charge is 0.416 e. The molecule has 0 bridgehead atoms. The van der Waals surface area contributed by atoms with E-state index in [1.165, 1.54) is 18.2 Å². The third kappa shape index (κ3) is 4.30. The molecule has 174 valence electrons. The van der Waals surface area contributed by atoms with Crippen LogP contribution in [0, 0.1) is 0 Å². The molecule has 0 unspecified atom stereocenters. The van der Waals surface area contributed by atoms with Gasteiger partial charge in [-0.3, -0.25) is 9.52 Å². The number of anilines is 2. The zero-order valence-corrected chi connectivity index (χ0v) is 18.0. The molecule has 1 spiro atoms. The lowest BCUT2D eigenvalue weighted by Gasteiger charge is -2.45. The molecule has 2 aromatic carbocycles. The number of rotatable bonds is 2. The summed E-state index contributed by atoms with van der Waals surface area (Å²) in [6.07, 6.45) is -2.50. The summed E-state index contributed by atoms with van der Waals surface area (Å²) in [5, 5.41) is 2.69. The number of ether oxygens (including phenoxy) is 2. The van der Waals surface area contributed by atoms with Crippen LogP contribution in [0.15, 0.2) is 42.5 Å². The molecule has 1 amide bonds. The highest BCUT2D eigenvalue weighted by Crippen LogP contribution is 2.45. The minimum Gasteiger partial charge on any atom is -0.481 e. The molecule has 3 aliphatic heterocycles. The number of nitrogens with one attached hydrogen (secondary N) is 2. The predicted octanol–water partition coefficient (Wildman–Crippen LogP) is 3.58. The molecule has 0 saturated carbocycles. The fourth-order valence-corrected chi connectivity index (χ4v) is 5.26. The number of carbonyl (C=O) groups is 1. The number of hydrogen-bond donors (Lipinski definition) is 2. The Balaban J connectivity index is 1.43. The summed E-state index contributed by atoms with van der Waals surface area (Å²) in [6.45, 7) is 0.430.